The van der Waals surface area contributed by atoms with Gasteiger partial charge in [-0.05, 0) is 41.5 Å². The molecule has 0 aliphatic rings. The number of anilines is 1. The van der Waals surface area contributed by atoms with Crippen molar-refractivity contribution in [3.63, 3.8) is 0 Å². The van der Waals surface area contributed by atoms with E-state index in [9.17, 15) is 14.9 Å². The second kappa shape index (κ2) is 12.1. The van der Waals surface area contributed by atoms with Gasteiger partial charge in [-0.1, -0.05) is 30.4 Å². The van der Waals surface area contributed by atoms with Crippen molar-refractivity contribution in [3.05, 3.63) is 93.7 Å². The van der Waals surface area contributed by atoms with Crippen LogP contribution < -0.4 is 24.3 Å². The molecule has 0 bridgehead atoms. The summed E-state index contributed by atoms with van der Waals surface area (Å²) in [5, 5.41) is 14.2. The number of nitrogens with zero attached hydrogens (tertiary/aromatic N) is 1. The molecule has 0 fully saturated rings. The van der Waals surface area contributed by atoms with E-state index in [1.165, 1.54) is 37.6 Å². The van der Waals surface area contributed by atoms with Crippen molar-refractivity contribution in [1.29, 1.82) is 0 Å². The van der Waals surface area contributed by atoms with Gasteiger partial charge in [0, 0.05) is 18.3 Å². The van der Waals surface area contributed by atoms with E-state index in [0.29, 0.717) is 28.7 Å². The molecule has 3 aromatic rings. The SMILES string of the molecule is COc1ccc(/C=C\c2cc(OC)c(OC)c(OC)c2)cc1N/C=C\C(=O)c1ccccc1[N+](=O)[O-]. The Bertz CT molecular complexity index is 1290. The minimum Gasteiger partial charge on any atom is -0.495 e. The molecule has 9 heteroatoms. The maximum absolute atomic E-state index is 12.5. The lowest BCUT2D eigenvalue weighted by atomic mass is 10.1. The fourth-order valence-corrected chi connectivity index (χ4v) is 3.47. The summed E-state index contributed by atoms with van der Waals surface area (Å²) in [5.41, 5.74) is 2.06. The van der Waals surface area contributed by atoms with Gasteiger partial charge in [0.15, 0.2) is 17.3 Å². The van der Waals surface area contributed by atoms with Crippen LogP contribution >= 0.6 is 0 Å². The van der Waals surface area contributed by atoms with Crippen LogP contribution in [0.5, 0.6) is 23.0 Å². The Morgan fingerprint density at radius 1 is 0.833 bits per heavy atom. The number of ether oxygens (including phenoxy) is 4. The van der Waals surface area contributed by atoms with E-state index < -0.39 is 10.7 Å². The number of carbonyl (C=O) groups is 1. The van der Waals surface area contributed by atoms with Gasteiger partial charge in [-0.15, -0.1) is 0 Å². The Morgan fingerprint density at radius 2 is 1.47 bits per heavy atom. The molecule has 0 spiro atoms. The number of benzene rings is 3. The molecule has 0 aromatic heterocycles. The summed E-state index contributed by atoms with van der Waals surface area (Å²) >= 11 is 0. The van der Waals surface area contributed by atoms with Gasteiger partial charge in [-0.3, -0.25) is 14.9 Å². The smallest absolute Gasteiger partial charge is 0.280 e. The Labute approximate surface area is 208 Å². The molecule has 0 radical (unpaired) electrons. The predicted molar refractivity (Wildman–Crippen MR) is 138 cm³/mol. The standard InChI is InChI=1S/C27H26N2O7/c1-33-24-12-11-18(9-10-19-16-25(34-2)27(36-4)26(17-19)35-3)15-21(24)28-14-13-23(30)20-7-5-6-8-22(20)29(31)32/h5-17,28H,1-4H3/b10-9-,14-13-. The Hall–Kier alpha value is -4.79. The van der Waals surface area contributed by atoms with E-state index in [0.717, 1.165) is 11.1 Å². The van der Waals surface area contributed by atoms with Gasteiger partial charge >= 0.3 is 0 Å². The van der Waals surface area contributed by atoms with Crippen molar-refractivity contribution >= 4 is 29.3 Å². The summed E-state index contributed by atoms with van der Waals surface area (Å²) in [6, 6.07) is 15.0. The van der Waals surface area contributed by atoms with Crippen LogP contribution in [-0.4, -0.2) is 39.1 Å². The van der Waals surface area contributed by atoms with E-state index in [4.69, 9.17) is 18.9 Å². The highest BCUT2D eigenvalue weighted by Crippen LogP contribution is 2.38. The minimum atomic E-state index is -0.582. The summed E-state index contributed by atoms with van der Waals surface area (Å²) in [4.78, 5) is 23.1. The highest BCUT2D eigenvalue weighted by Gasteiger charge is 2.17. The number of nitro benzene ring substituents is 1. The van der Waals surface area contributed by atoms with Gasteiger partial charge < -0.3 is 24.3 Å². The van der Waals surface area contributed by atoms with Crippen LogP contribution in [0, 0.1) is 10.1 Å². The van der Waals surface area contributed by atoms with Crippen LogP contribution in [-0.2, 0) is 0 Å². The first-order valence-corrected chi connectivity index (χ1v) is 10.8. The Balaban J connectivity index is 1.82. The third-order valence-electron chi connectivity index (χ3n) is 5.22. The van der Waals surface area contributed by atoms with Gasteiger partial charge in [-0.25, -0.2) is 0 Å². The molecule has 0 aliphatic carbocycles. The van der Waals surface area contributed by atoms with Crippen LogP contribution in [0.25, 0.3) is 12.2 Å². The largest absolute Gasteiger partial charge is 0.495 e. The average molecular weight is 491 g/mol. The van der Waals surface area contributed by atoms with Crippen LogP contribution in [0.4, 0.5) is 11.4 Å². The van der Waals surface area contributed by atoms with E-state index in [1.807, 2.05) is 36.4 Å². The molecule has 9 nitrogen and oxygen atoms in total. The molecule has 36 heavy (non-hydrogen) atoms. The van der Waals surface area contributed by atoms with E-state index in [-0.39, 0.29) is 11.3 Å². The van der Waals surface area contributed by atoms with Crippen LogP contribution in [0.15, 0.2) is 66.9 Å². The van der Waals surface area contributed by atoms with Gasteiger partial charge in [0.25, 0.3) is 5.69 Å². The highest BCUT2D eigenvalue weighted by molar-refractivity contribution is 6.07. The molecule has 3 rings (SSSR count). The lowest BCUT2D eigenvalue weighted by Gasteiger charge is -2.13. The second-order valence-electron chi connectivity index (χ2n) is 7.37. The number of rotatable bonds is 11. The number of para-hydroxylation sites is 1. The molecule has 0 atom stereocenters. The normalized spacial score (nSPS) is 10.9. The fourth-order valence-electron chi connectivity index (χ4n) is 3.47. The molecular formula is C27H26N2O7. The average Bonchev–Trinajstić information content (AvgIpc) is 2.91. The number of methoxy groups -OCH3 is 4. The number of nitro groups is 1. The number of nitrogens with one attached hydrogen (secondary N) is 1. The van der Waals surface area contributed by atoms with E-state index >= 15 is 0 Å². The molecule has 0 aliphatic heterocycles. The first kappa shape index (κ1) is 25.8. The fraction of sp³-hybridized carbons (Fsp3) is 0.148. The quantitative estimate of drug-likeness (QED) is 0.121. The van der Waals surface area contributed by atoms with Crippen molar-refractivity contribution in [2.24, 2.45) is 0 Å². The van der Waals surface area contributed by atoms with E-state index in [2.05, 4.69) is 5.32 Å². The van der Waals surface area contributed by atoms with Crippen LogP contribution in [0.1, 0.15) is 21.5 Å². The summed E-state index contributed by atoms with van der Waals surface area (Å²) < 4.78 is 21.6. The molecular weight excluding hydrogens is 464 g/mol. The summed E-state index contributed by atoms with van der Waals surface area (Å²) in [5.74, 6) is 1.66. The minimum absolute atomic E-state index is 0.00884. The highest BCUT2D eigenvalue weighted by atomic mass is 16.6. The monoisotopic (exact) mass is 490 g/mol. The molecule has 186 valence electrons. The number of hydrogen-bond donors (Lipinski definition) is 1. The Kier molecular flexibility index (Phi) is 8.66. The maximum atomic E-state index is 12.5. The molecule has 3 aromatic carbocycles. The number of hydrogen-bond acceptors (Lipinski definition) is 8. The molecule has 0 heterocycles. The summed E-state index contributed by atoms with van der Waals surface area (Å²) in [7, 11) is 6.19. The zero-order valence-electron chi connectivity index (χ0n) is 20.3. The van der Waals surface area contributed by atoms with Gasteiger partial charge in [0.2, 0.25) is 5.75 Å². The van der Waals surface area contributed by atoms with Gasteiger partial charge in [0.05, 0.1) is 44.6 Å². The number of ketones is 1. The third-order valence-corrected chi connectivity index (χ3v) is 5.22. The summed E-state index contributed by atoms with van der Waals surface area (Å²) in [6.45, 7) is 0. The summed E-state index contributed by atoms with van der Waals surface area (Å²) in [6.07, 6.45) is 6.45. The van der Waals surface area contributed by atoms with E-state index in [1.54, 1.807) is 33.5 Å². The van der Waals surface area contributed by atoms with Crippen molar-refractivity contribution < 1.29 is 28.7 Å². The van der Waals surface area contributed by atoms with Gasteiger partial charge in [0.1, 0.15) is 5.75 Å². The molecule has 0 saturated carbocycles. The lowest BCUT2D eigenvalue weighted by molar-refractivity contribution is -0.385. The first-order chi connectivity index (χ1) is 17.4. The third kappa shape index (κ3) is 6.01. The number of allylic oxidation sites excluding steroid dienone is 1. The van der Waals surface area contributed by atoms with Gasteiger partial charge in [-0.2, -0.15) is 0 Å². The topological polar surface area (TPSA) is 109 Å². The van der Waals surface area contributed by atoms with Crippen molar-refractivity contribution in [2.75, 3.05) is 33.8 Å². The van der Waals surface area contributed by atoms with Crippen molar-refractivity contribution in [3.8, 4) is 23.0 Å². The Morgan fingerprint density at radius 3 is 2.08 bits per heavy atom. The zero-order chi connectivity index (χ0) is 26.1. The molecule has 1 N–H and O–H groups in total. The van der Waals surface area contributed by atoms with Crippen molar-refractivity contribution in [1.82, 2.24) is 0 Å². The first-order valence-electron chi connectivity index (χ1n) is 10.8. The predicted octanol–water partition coefficient (Wildman–Crippen LogP) is 5.61. The van der Waals surface area contributed by atoms with Crippen molar-refractivity contribution in [2.45, 2.75) is 0 Å². The van der Waals surface area contributed by atoms with Crippen LogP contribution in [0.2, 0.25) is 0 Å². The molecule has 0 amide bonds. The lowest BCUT2D eigenvalue weighted by Crippen LogP contribution is -2.02. The second-order valence-corrected chi connectivity index (χ2v) is 7.37. The zero-order valence-corrected chi connectivity index (χ0v) is 20.3. The van der Waals surface area contributed by atoms with Crippen LogP contribution in [0.3, 0.4) is 0 Å². The molecule has 0 saturated heterocycles. The molecule has 0 unspecified atom stereocenters. The maximum Gasteiger partial charge on any atom is 0.280 e. The number of carbonyl (C=O) groups excluding carboxylic acids is 1.